The predicted octanol–water partition coefficient (Wildman–Crippen LogP) is 4.29. The van der Waals surface area contributed by atoms with E-state index in [9.17, 15) is 19.7 Å². The van der Waals surface area contributed by atoms with Crippen molar-refractivity contribution in [2.45, 2.75) is 32.8 Å². The number of esters is 1. The minimum atomic E-state index is -1.10. The van der Waals surface area contributed by atoms with Gasteiger partial charge in [-0.05, 0) is 50.1 Å². The van der Waals surface area contributed by atoms with Crippen LogP contribution in [0.25, 0.3) is 0 Å². The third-order valence-electron chi connectivity index (χ3n) is 3.96. The molecule has 1 N–H and O–H groups in total. The van der Waals surface area contributed by atoms with Crippen LogP contribution >= 0.6 is 11.6 Å². The van der Waals surface area contributed by atoms with Gasteiger partial charge in [-0.3, -0.25) is 19.7 Å². The Hall–Kier alpha value is -3.13. The smallest absolute Gasteiger partial charge is 0.306 e. The molecule has 0 aliphatic heterocycles. The molecule has 2 rings (SSSR count). The van der Waals surface area contributed by atoms with Crippen LogP contribution in [0.3, 0.4) is 0 Å². The molecule has 0 saturated carbocycles. The maximum Gasteiger partial charge on any atom is 0.306 e. The highest BCUT2D eigenvalue weighted by molar-refractivity contribution is 6.31. The van der Waals surface area contributed by atoms with Gasteiger partial charge < -0.3 is 14.8 Å². The van der Waals surface area contributed by atoms with E-state index < -0.39 is 22.9 Å². The molecule has 0 heterocycles. The number of carbonyl (C=O) groups is 2. The normalized spacial score (nSPS) is 11.4. The molecule has 0 aliphatic rings. The lowest BCUT2D eigenvalue weighted by atomic mass is 10.2. The van der Waals surface area contributed by atoms with Gasteiger partial charge >= 0.3 is 5.97 Å². The molecular weight excluding hydrogens is 400 g/mol. The number of ether oxygens (including phenoxy) is 2. The van der Waals surface area contributed by atoms with Crippen LogP contribution in [0, 0.1) is 17.0 Å². The van der Waals surface area contributed by atoms with Crippen LogP contribution in [-0.2, 0) is 14.3 Å². The summed E-state index contributed by atoms with van der Waals surface area (Å²) in [5, 5.41) is 14.0. The van der Waals surface area contributed by atoms with Crippen LogP contribution in [0.2, 0.25) is 5.02 Å². The molecule has 0 unspecified atom stereocenters. The van der Waals surface area contributed by atoms with Gasteiger partial charge in [-0.1, -0.05) is 23.7 Å². The lowest BCUT2D eigenvalue weighted by Gasteiger charge is -2.14. The van der Waals surface area contributed by atoms with E-state index in [2.05, 4.69) is 5.32 Å². The molecule has 8 nitrogen and oxygen atoms in total. The van der Waals surface area contributed by atoms with Crippen molar-refractivity contribution in [3.63, 3.8) is 0 Å². The molecule has 2 aromatic rings. The minimum Gasteiger partial charge on any atom is -0.494 e. The standard InChI is InChI=1S/C20H21ClN2O6/c1-13-12-15(9-10-16(13)21)28-11-5-8-19(24)29-14(2)20(25)22-17-6-3-4-7-18(17)23(26)27/h3-4,6-7,9-10,12,14H,5,8,11H2,1-2H3,(H,22,25)/t14-/m1/s1. The molecule has 0 aromatic heterocycles. The van der Waals surface area contributed by atoms with Gasteiger partial charge in [0.05, 0.1) is 11.5 Å². The largest absolute Gasteiger partial charge is 0.494 e. The van der Waals surface area contributed by atoms with Gasteiger partial charge in [0.2, 0.25) is 0 Å². The highest BCUT2D eigenvalue weighted by atomic mass is 35.5. The molecule has 0 spiro atoms. The van der Waals surface area contributed by atoms with Crippen molar-refractivity contribution >= 4 is 34.9 Å². The Bertz CT molecular complexity index is 902. The first-order valence-electron chi connectivity index (χ1n) is 8.90. The van der Waals surface area contributed by atoms with Crippen LogP contribution in [0.1, 0.15) is 25.3 Å². The van der Waals surface area contributed by atoms with E-state index in [1.54, 1.807) is 24.3 Å². The molecule has 0 bridgehead atoms. The summed E-state index contributed by atoms with van der Waals surface area (Å²) in [5.74, 6) is -0.566. The van der Waals surface area contributed by atoms with Crippen LogP contribution < -0.4 is 10.1 Å². The zero-order valence-corrected chi connectivity index (χ0v) is 16.8. The fourth-order valence-electron chi connectivity index (χ4n) is 2.40. The van der Waals surface area contributed by atoms with Crippen LogP contribution in [0.4, 0.5) is 11.4 Å². The number of amides is 1. The summed E-state index contributed by atoms with van der Waals surface area (Å²) in [4.78, 5) is 34.4. The molecule has 29 heavy (non-hydrogen) atoms. The summed E-state index contributed by atoms with van der Waals surface area (Å²) < 4.78 is 10.6. The molecule has 2 aromatic carbocycles. The van der Waals surface area contributed by atoms with Crippen molar-refractivity contribution in [2.24, 2.45) is 0 Å². The van der Waals surface area contributed by atoms with Crippen molar-refractivity contribution < 1.29 is 24.0 Å². The number of aryl methyl sites for hydroxylation is 1. The van der Waals surface area contributed by atoms with Gasteiger partial charge in [-0.2, -0.15) is 0 Å². The zero-order chi connectivity index (χ0) is 21.4. The summed E-state index contributed by atoms with van der Waals surface area (Å²) in [5.41, 5.74) is 0.688. The fourth-order valence-corrected chi connectivity index (χ4v) is 2.51. The van der Waals surface area contributed by atoms with Crippen molar-refractivity contribution in [2.75, 3.05) is 11.9 Å². The van der Waals surface area contributed by atoms with E-state index in [1.807, 2.05) is 6.92 Å². The van der Waals surface area contributed by atoms with Gasteiger partial charge in [0, 0.05) is 17.5 Å². The molecule has 154 valence electrons. The van der Waals surface area contributed by atoms with Crippen molar-refractivity contribution in [1.29, 1.82) is 0 Å². The van der Waals surface area contributed by atoms with Crippen molar-refractivity contribution in [1.82, 2.24) is 0 Å². The number of hydrogen-bond acceptors (Lipinski definition) is 6. The van der Waals surface area contributed by atoms with Gasteiger partial charge in [-0.25, -0.2) is 0 Å². The lowest BCUT2D eigenvalue weighted by molar-refractivity contribution is -0.383. The number of hydrogen-bond donors (Lipinski definition) is 1. The summed E-state index contributed by atoms with van der Waals surface area (Å²) in [6, 6.07) is 11.0. The number of halogens is 1. The zero-order valence-electron chi connectivity index (χ0n) is 16.0. The molecule has 0 fully saturated rings. The molecule has 1 atom stereocenters. The third kappa shape index (κ3) is 6.76. The van der Waals surface area contributed by atoms with Crippen LogP contribution in [0.5, 0.6) is 5.75 Å². The Morgan fingerprint density at radius 1 is 1.24 bits per heavy atom. The highest BCUT2D eigenvalue weighted by Crippen LogP contribution is 2.23. The summed E-state index contributed by atoms with van der Waals surface area (Å²) in [6.07, 6.45) is -0.628. The van der Waals surface area contributed by atoms with Gasteiger partial charge in [-0.15, -0.1) is 0 Å². The number of nitro benzene ring substituents is 1. The molecule has 0 saturated heterocycles. The average Bonchev–Trinajstić information content (AvgIpc) is 2.68. The second-order valence-electron chi connectivity index (χ2n) is 6.26. The molecule has 0 radical (unpaired) electrons. The highest BCUT2D eigenvalue weighted by Gasteiger charge is 2.21. The van der Waals surface area contributed by atoms with Crippen molar-refractivity contribution in [3.05, 3.63) is 63.2 Å². The number of anilines is 1. The van der Waals surface area contributed by atoms with E-state index in [0.717, 1.165) is 5.56 Å². The van der Waals surface area contributed by atoms with Crippen LogP contribution in [0.15, 0.2) is 42.5 Å². The minimum absolute atomic E-state index is 0.0389. The first-order chi connectivity index (χ1) is 13.8. The first kappa shape index (κ1) is 22.2. The van der Waals surface area contributed by atoms with Gasteiger partial charge in [0.1, 0.15) is 11.4 Å². The summed E-state index contributed by atoms with van der Waals surface area (Å²) in [6.45, 7) is 3.56. The second-order valence-corrected chi connectivity index (χ2v) is 6.67. The number of para-hydroxylation sites is 2. The quantitative estimate of drug-likeness (QED) is 0.280. The lowest BCUT2D eigenvalue weighted by Crippen LogP contribution is -2.30. The maximum atomic E-state index is 12.2. The van der Waals surface area contributed by atoms with E-state index in [1.165, 1.54) is 25.1 Å². The summed E-state index contributed by atoms with van der Waals surface area (Å²) in [7, 11) is 0. The molecular formula is C20H21ClN2O6. The Morgan fingerprint density at radius 2 is 1.97 bits per heavy atom. The number of benzene rings is 2. The number of nitro groups is 1. The Kier molecular flexibility index (Phi) is 7.97. The van der Waals surface area contributed by atoms with E-state index in [-0.39, 0.29) is 17.8 Å². The monoisotopic (exact) mass is 420 g/mol. The topological polar surface area (TPSA) is 108 Å². The Labute approximate surface area is 172 Å². The average molecular weight is 421 g/mol. The SMILES string of the molecule is Cc1cc(OCCCC(=O)O[C@H](C)C(=O)Nc2ccccc2[N+](=O)[O-])ccc1Cl. The molecule has 0 aliphatic carbocycles. The van der Waals surface area contributed by atoms with Gasteiger partial charge in [0.25, 0.3) is 11.6 Å². The van der Waals surface area contributed by atoms with E-state index >= 15 is 0 Å². The fraction of sp³-hybridized carbons (Fsp3) is 0.300. The van der Waals surface area contributed by atoms with E-state index in [0.29, 0.717) is 23.8 Å². The van der Waals surface area contributed by atoms with Crippen molar-refractivity contribution in [3.8, 4) is 5.75 Å². The number of rotatable bonds is 9. The number of nitrogens with one attached hydrogen (secondary N) is 1. The molecule has 9 heteroatoms. The van der Waals surface area contributed by atoms with E-state index in [4.69, 9.17) is 21.1 Å². The third-order valence-corrected chi connectivity index (χ3v) is 4.38. The predicted molar refractivity (Wildman–Crippen MR) is 108 cm³/mol. The number of carbonyl (C=O) groups excluding carboxylic acids is 2. The Morgan fingerprint density at radius 3 is 2.66 bits per heavy atom. The Balaban J connectivity index is 1.76. The first-order valence-corrected chi connectivity index (χ1v) is 9.28. The maximum absolute atomic E-state index is 12.2. The van der Waals surface area contributed by atoms with Gasteiger partial charge in [0.15, 0.2) is 6.10 Å². The van der Waals surface area contributed by atoms with Crippen LogP contribution in [-0.4, -0.2) is 29.5 Å². The molecule has 1 amide bonds. The number of nitrogens with zero attached hydrogens (tertiary/aromatic N) is 1. The summed E-state index contributed by atoms with van der Waals surface area (Å²) >= 11 is 5.95. The second kappa shape index (κ2) is 10.4.